The lowest BCUT2D eigenvalue weighted by molar-refractivity contribution is -0.121. The SMILES string of the molecule is O=C(Nc1ccc2c(c1F)CCNC2)C1CCCCN1C(=O)c1ccco1. The number of furan rings is 1. The number of piperidine rings is 1. The Balaban J connectivity index is 1.53. The smallest absolute Gasteiger partial charge is 0.290 e. The molecule has 2 aliphatic rings. The zero-order valence-corrected chi connectivity index (χ0v) is 15.0. The third-order valence-electron chi connectivity index (χ3n) is 5.26. The van der Waals surface area contributed by atoms with Gasteiger partial charge in [-0.2, -0.15) is 0 Å². The number of fused-ring (bicyclic) bond motifs is 1. The van der Waals surface area contributed by atoms with Crippen molar-refractivity contribution in [1.82, 2.24) is 10.2 Å². The normalized spacial score (nSPS) is 19.4. The predicted octanol–water partition coefficient (Wildman–Crippen LogP) is 2.70. The Morgan fingerprint density at radius 2 is 2.15 bits per heavy atom. The number of amides is 2. The van der Waals surface area contributed by atoms with E-state index in [1.165, 1.54) is 11.2 Å². The van der Waals surface area contributed by atoms with Crippen molar-refractivity contribution in [3.8, 4) is 0 Å². The molecule has 3 heterocycles. The molecule has 4 rings (SSSR count). The van der Waals surface area contributed by atoms with Crippen molar-refractivity contribution in [1.29, 1.82) is 0 Å². The zero-order valence-electron chi connectivity index (χ0n) is 15.0. The van der Waals surface area contributed by atoms with E-state index in [0.717, 1.165) is 24.9 Å². The molecule has 142 valence electrons. The average Bonchev–Trinajstić information content (AvgIpc) is 3.24. The quantitative estimate of drug-likeness (QED) is 0.870. The minimum Gasteiger partial charge on any atom is -0.459 e. The highest BCUT2D eigenvalue weighted by Crippen LogP contribution is 2.26. The van der Waals surface area contributed by atoms with E-state index in [4.69, 9.17) is 4.42 Å². The fourth-order valence-electron chi connectivity index (χ4n) is 3.84. The molecule has 2 N–H and O–H groups in total. The van der Waals surface area contributed by atoms with Crippen LogP contribution >= 0.6 is 0 Å². The van der Waals surface area contributed by atoms with Crippen LogP contribution in [0, 0.1) is 5.82 Å². The maximum Gasteiger partial charge on any atom is 0.290 e. The van der Waals surface area contributed by atoms with E-state index >= 15 is 0 Å². The second kappa shape index (κ2) is 7.52. The predicted molar refractivity (Wildman–Crippen MR) is 97.8 cm³/mol. The highest BCUT2D eigenvalue weighted by Gasteiger charge is 2.34. The minimum absolute atomic E-state index is 0.177. The first-order valence-electron chi connectivity index (χ1n) is 9.31. The molecule has 0 spiro atoms. The lowest BCUT2D eigenvalue weighted by atomic mass is 9.98. The van der Waals surface area contributed by atoms with Gasteiger partial charge in [-0.25, -0.2) is 4.39 Å². The van der Waals surface area contributed by atoms with Crippen LogP contribution in [-0.2, 0) is 17.8 Å². The molecule has 27 heavy (non-hydrogen) atoms. The van der Waals surface area contributed by atoms with E-state index < -0.39 is 6.04 Å². The highest BCUT2D eigenvalue weighted by atomic mass is 19.1. The molecule has 2 aromatic rings. The summed E-state index contributed by atoms with van der Waals surface area (Å²) in [7, 11) is 0. The van der Waals surface area contributed by atoms with Crippen molar-refractivity contribution in [2.24, 2.45) is 0 Å². The minimum atomic E-state index is -0.631. The monoisotopic (exact) mass is 371 g/mol. The van der Waals surface area contributed by atoms with Gasteiger partial charge in [0.2, 0.25) is 5.91 Å². The van der Waals surface area contributed by atoms with Gasteiger partial charge in [0.1, 0.15) is 11.9 Å². The molecule has 0 radical (unpaired) electrons. The second-order valence-corrected chi connectivity index (χ2v) is 6.97. The number of anilines is 1. The molecule has 7 heteroatoms. The Labute approximate surface area is 156 Å². The Hall–Kier alpha value is -2.67. The molecule has 0 aliphatic carbocycles. The summed E-state index contributed by atoms with van der Waals surface area (Å²) in [5.74, 6) is -0.830. The number of benzene rings is 1. The number of rotatable bonds is 3. The van der Waals surface area contributed by atoms with Crippen molar-refractivity contribution in [2.45, 2.75) is 38.3 Å². The maximum absolute atomic E-state index is 14.8. The summed E-state index contributed by atoms with van der Waals surface area (Å²) in [5, 5.41) is 5.91. The van der Waals surface area contributed by atoms with E-state index in [2.05, 4.69) is 10.6 Å². The van der Waals surface area contributed by atoms with Gasteiger partial charge in [-0.05, 0) is 61.6 Å². The molecule has 0 saturated carbocycles. The summed E-state index contributed by atoms with van der Waals surface area (Å²) in [5.41, 5.74) is 1.75. The van der Waals surface area contributed by atoms with Gasteiger partial charge in [0.25, 0.3) is 5.91 Å². The number of hydrogen-bond donors (Lipinski definition) is 2. The molecule has 1 aromatic carbocycles. The number of halogens is 1. The molecule has 1 aromatic heterocycles. The van der Waals surface area contributed by atoms with Crippen LogP contribution in [0.2, 0.25) is 0 Å². The van der Waals surface area contributed by atoms with E-state index in [-0.39, 0.29) is 29.1 Å². The Morgan fingerprint density at radius 1 is 1.26 bits per heavy atom. The average molecular weight is 371 g/mol. The van der Waals surface area contributed by atoms with Crippen molar-refractivity contribution < 1.29 is 18.4 Å². The molecule has 6 nitrogen and oxygen atoms in total. The number of hydrogen-bond acceptors (Lipinski definition) is 4. The fraction of sp³-hybridized carbons (Fsp3) is 0.400. The standard InChI is InChI=1S/C20H22FN3O3/c21-18-14-8-9-22-12-13(14)6-7-15(18)23-19(25)16-4-1-2-10-24(16)20(26)17-5-3-11-27-17/h3,5-7,11,16,22H,1-2,4,8-10,12H2,(H,23,25). The first-order valence-corrected chi connectivity index (χ1v) is 9.31. The fourth-order valence-corrected chi connectivity index (χ4v) is 3.84. The molecule has 0 bridgehead atoms. The Kier molecular flexibility index (Phi) is 4.94. The molecule has 1 fully saturated rings. The molecule has 1 unspecified atom stereocenters. The number of likely N-dealkylation sites (tertiary alicyclic amines) is 1. The summed E-state index contributed by atoms with van der Waals surface area (Å²) in [6.45, 7) is 1.83. The van der Waals surface area contributed by atoms with Crippen molar-refractivity contribution in [3.63, 3.8) is 0 Å². The number of nitrogens with zero attached hydrogens (tertiary/aromatic N) is 1. The van der Waals surface area contributed by atoms with Gasteiger partial charge in [0.15, 0.2) is 5.76 Å². The lowest BCUT2D eigenvalue weighted by Gasteiger charge is -2.34. The van der Waals surface area contributed by atoms with E-state index in [1.807, 2.05) is 6.07 Å². The first kappa shape index (κ1) is 17.7. The van der Waals surface area contributed by atoms with Crippen LogP contribution < -0.4 is 10.6 Å². The molecule has 1 atom stereocenters. The third-order valence-corrected chi connectivity index (χ3v) is 5.26. The van der Waals surface area contributed by atoms with Gasteiger partial charge in [-0.3, -0.25) is 9.59 Å². The van der Waals surface area contributed by atoms with Gasteiger partial charge >= 0.3 is 0 Å². The van der Waals surface area contributed by atoms with Crippen molar-refractivity contribution >= 4 is 17.5 Å². The van der Waals surface area contributed by atoms with E-state index in [9.17, 15) is 14.0 Å². The van der Waals surface area contributed by atoms with Crippen molar-refractivity contribution in [2.75, 3.05) is 18.4 Å². The third kappa shape index (κ3) is 3.47. The zero-order chi connectivity index (χ0) is 18.8. The summed E-state index contributed by atoms with van der Waals surface area (Å²) in [6.07, 6.45) is 4.25. The largest absolute Gasteiger partial charge is 0.459 e. The lowest BCUT2D eigenvalue weighted by Crippen LogP contribution is -2.50. The Bertz CT molecular complexity index is 850. The van der Waals surface area contributed by atoms with Gasteiger partial charge < -0.3 is 20.0 Å². The van der Waals surface area contributed by atoms with Crippen LogP contribution in [0.3, 0.4) is 0 Å². The van der Waals surface area contributed by atoms with Crippen molar-refractivity contribution in [3.05, 3.63) is 53.2 Å². The Morgan fingerprint density at radius 3 is 2.96 bits per heavy atom. The summed E-state index contributed by atoms with van der Waals surface area (Å²) in [6, 6.07) is 6.04. The highest BCUT2D eigenvalue weighted by molar-refractivity contribution is 6.00. The van der Waals surface area contributed by atoms with Crippen LogP contribution in [0.4, 0.5) is 10.1 Å². The summed E-state index contributed by atoms with van der Waals surface area (Å²) >= 11 is 0. The number of nitrogens with one attached hydrogen (secondary N) is 2. The topological polar surface area (TPSA) is 74.6 Å². The number of carbonyl (C=O) groups is 2. The molecule has 2 amide bonds. The number of carbonyl (C=O) groups excluding carboxylic acids is 2. The molecule has 1 saturated heterocycles. The summed E-state index contributed by atoms with van der Waals surface area (Å²) < 4.78 is 20.0. The van der Waals surface area contributed by atoms with E-state index in [0.29, 0.717) is 31.5 Å². The van der Waals surface area contributed by atoms with Crippen LogP contribution in [0.1, 0.15) is 40.9 Å². The first-order chi connectivity index (χ1) is 13.1. The molecular weight excluding hydrogens is 349 g/mol. The van der Waals surface area contributed by atoms with Gasteiger partial charge in [0.05, 0.1) is 12.0 Å². The maximum atomic E-state index is 14.8. The molecular formula is C20H22FN3O3. The van der Waals surface area contributed by atoms with E-state index in [1.54, 1.807) is 18.2 Å². The van der Waals surface area contributed by atoms with Crippen LogP contribution in [0.25, 0.3) is 0 Å². The second-order valence-electron chi connectivity index (χ2n) is 6.97. The van der Waals surface area contributed by atoms with Gasteiger partial charge in [0, 0.05) is 13.1 Å². The van der Waals surface area contributed by atoms with Crippen LogP contribution in [0.5, 0.6) is 0 Å². The van der Waals surface area contributed by atoms with Crippen LogP contribution in [0.15, 0.2) is 34.9 Å². The van der Waals surface area contributed by atoms with Crippen LogP contribution in [-0.4, -0.2) is 35.8 Å². The van der Waals surface area contributed by atoms with Gasteiger partial charge in [-0.15, -0.1) is 0 Å². The summed E-state index contributed by atoms with van der Waals surface area (Å²) in [4.78, 5) is 27.0. The van der Waals surface area contributed by atoms with Gasteiger partial charge in [-0.1, -0.05) is 6.07 Å². The molecule has 2 aliphatic heterocycles.